The van der Waals surface area contributed by atoms with Crippen LogP contribution < -0.4 is 0 Å². The maximum Gasteiger partial charge on any atom is 0.0925 e. The van der Waals surface area contributed by atoms with E-state index in [0.717, 1.165) is 0 Å². The summed E-state index contributed by atoms with van der Waals surface area (Å²) in [6.07, 6.45) is 0. The summed E-state index contributed by atoms with van der Waals surface area (Å²) in [6.45, 7) is 0. The van der Waals surface area contributed by atoms with E-state index >= 15 is 0 Å². The molecule has 12 saturated carbocycles. The van der Waals surface area contributed by atoms with E-state index in [0.29, 0.717) is 0 Å². The Labute approximate surface area is 193 Å². The first-order valence-corrected chi connectivity index (χ1v) is 13.8. The SMILES string of the molecule is OC12[C@H]3[C@@H]4[C@@H]5[C@@H]6C7(O)[C@H]4[C@@]4(Br)[C@@H]8[C@H]9[C@H]%10[C@H](C1(Br)[C@H]9[C@@]34O)[C@](O)([C@@H]52)[C@@]6(Br)[C@@H]%10C87Br. The van der Waals surface area contributed by atoms with Crippen LogP contribution in [-0.4, -0.2) is 60.1 Å². The Balaban J connectivity index is 1.50. The summed E-state index contributed by atoms with van der Waals surface area (Å²) in [6, 6.07) is 0. The van der Waals surface area contributed by atoms with Crippen molar-refractivity contribution in [3.8, 4) is 0 Å². The van der Waals surface area contributed by atoms with Crippen LogP contribution in [0.25, 0.3) is 0 Å². The summed E-state index contributed by atoms with van der Waals surface area (Å²) >= 11 is 16.7. The van der Waals surface area contributed by atoms with Crippen molar-refractivity contribution in [1.82, 2.24) is 0 Å². The van der Waals surface area contributed by atoms with Gasteiger partial charge in [-0.05, 0) is 35.5 Å². The minimum atomic E-state index is -1.09. The summed E-state index contributed by atoms with van der Waals surface area (Å²) < 4.78 is -2.15. The molecular formula is C20H16Br4O4. The molecule has 12 rings (SSSR count). The fourth-order valence-electron chi connectivity index (χ4n) is 15.1. The van der Waals surface area contributed by atoms with Crippen LogP contribution >= 0.6 is 63.7 Å². The predicted octanol–water partition coefficient (Wildman–Crippen LogP) is 0.990. The van der Waals surface area contributed by atoms with E-state index in [4.69, 9.17) is 0 Å². The van der Waals surface area contributed by atoms with Crippen molar-refractivity contribution in [3.05, 3.63) is 0 Å². The van der Waals surface area contributed by atoms with Crippen LogP contribution in [0.4, 0.5) is 0 Å². The standard InChI is InChI=1S/C20H16Br4O4/c21-13-5-1-2-6(13)15(23)10-4-3-9(17(10,13)25)14(5,22)18(26)7(1)16(24)8(2)19(15,27)12(4)20(16,28)11(3)18/h1-12,25-28H/t1-,2-,3-,4-,5-,6+,7+,8-,9-,10+,11+,12-,13?,14+,15-,16?,17?,18-,19+,20?/m1/s1. The van der Waals surface area contributed by atoms with Crippen LogP contribution in [0.5, 0.6) is 0 Å². The smallest absolute Gasteiger partial charge is 0.0925 e. The molecule has 0 radical (unpaired) electrons. The summed E-state index contributed by atoms with van der Waals surface area (Å²) in [5.41, 5.74) is -4.05. The van der Waals surface area contributed by atoms with Crippen molar-refractivity contribution in [3.63, 3.8) is 0 Å². The highest BCUT2D eigenvalue weighted by molar-refractivity contribution is 9.11. The van der Waals surface area contributed by atoms with Gasteiger partial charge in [0.05, 0.1) is 39.7 Å². The number of halogens is 4. The lowest BCUT2D eigenvalue weighted by atomic mass is 9.72. The van der Waals surface area contributed by atoms with Gasteiger partial charge in [0.15, 0.2) is 0 Å². The molecule has 0 aromatic heterocycles. The Morgan fingerprint density at radius 1 is 0.357 bits per heavy atom. The second-order valence-electron chi connectivity index (χ2n) is 12.5. The van der Waals surface area contributed by atoms with E-state index in [1.165, 1.54) is 0 Å². The van der Waals surface area contributed by atoms with Gasteiger partial charge in [-0.15, -0.1) is 0 Å². The average molecular weight is 640 g/mol. The zero-order valence-electron chi connectivity index (χ0n) is 14.2. The fourth-order valence-corrected chi connectivity index (χ4v) is 23.0. The molecule has 28 heavy (non-hydrogen) atoms. The van der Waals surface area contributed by atoms with Crippen LogP contribution in [0.15, 0.2) is 0 Å². The van der Waals surface area contributed by atoms with Gasteiger partial charge in [-0.2, -0.15) is 0 Å². The number of alkyl halides is 4. The highest BCUT2D eigenvalue weighted by Crippen LogP contribution is 3.09. The summed E-state index contributed by atoms with van der Waals surface area (Å²) in [7, 11) is 0. The van der Waals surface area contributed by atoms with Crippen molar-refractivity contribution >= 4 is 63.7 Å². The first-order chi connectivity index (χ1) is 13.0. The molecule has 0 aromatic carbocycles. The first kappa shape index (κ1) is 15.6. The lowest BCUT2D eigenvalue weighted by molar-refractivity contribution is -0.111. The quantitative estimate of drug-likeness (QED) is 0.298. The van der Waals surface area contributed by atoms with E-state index < -0.39 is 39.7 Å². The first-order valence-electron chi connectivity index (χ1n) is 10.6. The summed E-state index contributed by atoms with van der Waals surface area (Å²) in [5.74, 6) is 0.114. The van der Waals surface area contributed by atoms with Gasteiger partial charge in [0.25, 0.3) is 0 Å². The third-order valence-electron chi connectivity index (χ3n) is 13.8. The van der Waals surface area contributed by atoms with E-state index in [1.807, 2.05) is 0 Å². The molecule has 4 N–H and O–H groups in total. The number of hydrogen-bond acceptors (Lipinski definition) is 4. The van der Waals surface area contributed by atoms with Crippen molar-refractivity contribution in [1.29, 1.82) is 0 Å². The highest BCUT2D eigenvalue weighted by Gasteiger charge is 3.18. The van der Waals surface area contributed by atoms with E-state index in [9.17, 15) is 20.4 Å². The summed E-state index contributed by atoms with van der Waals surface area (Å²) in [5, 5.41) is 50.4. The molecule has 12 aliphatic rings. The highest BCUT2D eigenvalue weighted by atomic mass is 79.9. The van der Waals surface area contributed by atoms with E-state index in [2.05, 4.69) is 63.7 Å². The molecule has 0 spiro atoms. The maximum atomic E-state index is 12.6. The third-order valence-corrected chi connectivity index (χ3v) is 20.3. The lowest BCUT2D eigenvalue weighted by Gasteiger charge is -2.46. The molecular weight excluding hydrogens is 624 g/mol. The molecule has 12 aliphatic carbocycles. The lowest BCUT2D eigenvalue weighted by Crippen LogP contribution is -2.60. The van der Waals surface area contributed by atoms with Crippen molar-refractivity contribution in [2.45, 2.75) is 39.7 Å². The van der Waals surface area contributed by atoms with Gasteiger partial charge in [-0.25, -0.2) is 0 Å². The van der Waals surface area contributed by atoms with Crippen molar-refractivity contribution < 1.29 is 20.4 Å². The number of aliphatic hydroxyl groups is 4. The van der Waals surface area contributed by atoms with Gasteiger partial charge in [0.2, 0.25) is 0 Å². The minimum Gasteiger partial charge on any atom is -0.388 e. The Kier molecular flexibility index (Phi) is 1.68. The molecule has 4 unspecified atom stereocenters. The van der Waals surface area contributed by atoms with Crippen LogP contribution in [0.3, 0.4) is 0 Å². The van der Waals surface area contributed by atoms with Gasteiger partial charge < -0.3 is 20.4 Å². The summed E-state index contributed by atoms with van der Waals surface area (Å²) in [4.78, 5) is 0. The zero-order chi connectivity index (χ0) is 18.9. The molecule has 148 valence electrons. The Bertz CT molecular complexity index is 810. The fraction of sp³-hybridized carbons (Fsp3) is 1.00. The van der Waals surface area contributed by atoms with Gasteiger partial charge in [0.1, 0.15) is 0 Å². The third kappa shape index (κ3) is 0.658. The van der Waals surface area contributed by atoms with Gasteiger partial charge in [-0.1, -0.05) is 63.7 Å². The molecule has 0 saturated heterocycles. The van der Waals surface area contributed by atoms with Crippen molar-refractivity contribution in [2.24, 2.45) is 71.0 Å². The zero-order valence-corrected chi connectivity index (χ0v) is 20.6. The second kappa shape index (κ2) is 3.01. The topological polar surface area (TPSA) is 80.9 Å². The Hall–Kier alpha value is 1.76. The Morgan fingerprint density at radius 3 is 0.964 bits per heavy atom. The predicted molar refractivity (Wildman–Crippen MR) is 108 cm³/mol. The number of rotatable bonds is 0. The van der Waals surface area contributed by atoms with Gasteiger partial charge in [-0.3, -0.25) is 0 Å². The molecule has 20 atom stereocenters. The molecule has 8 heteroatoms. The normalized spacial score (nSPS) is 102. The van der Waals surface area contributed by atoms with Crippen LogP contribution in [0, 0.1) is 71.0 Å². The van der Waals surface area contributed by atoms with Crippen LogP contribution in [0.2, 0.25) is 0 Å². The average Bonchev–Trinajstić information content (AvgIpc) is 3.39. The van der Waals surface area contributed by atoms with Crippen LogP contribution in [-0.2, 0) is 0 Å². The molecule has 4 nitrogen and oxygen atoms in total. The van der Waals surface area contributed by atoms with Gasteiger partial charge in [0, 0.05) is 35.5 Å². The minimum absolute atomic E-state index is 0.0578. The molecule has 0 aliphatic heterocycles. The largest absolute Gasteiger partial charge is 0.388 e. The molecule has 0 heterocycles. The van der Waals surface area contributed by atoms with Crippen LogP contribution in [0.1, 0.15) is 0 Å². The molecule has 12 fully saturated rings. The van der Waals surface area contributed by atoms with E-state index in [-0.39, 0.29) is 71.0 Å². The molecule has 0 aromatic rings. The molecule has 0 bridgehead atoms. The van der Waals surface area contributed by atoms with Gasteiger partial charge >= 0.3 is 0 Å². The van der Waals surface area contributed by atoms with Crippen molar-refractivity contribution in [2.75, 3.05) is 0 Å². The monoisotopic (exact) mass is 636 g/mol. The number of hydrogen-bond donors (Lipinski definition) is 4. The molecule has 0 amide bonds. The Morgan fingerprint density at radius 2 is 0.571 bits per heavy atom. The maximum absolute atomic E-state index is 12.6. The second-order valence-corrected chi connectivity index (χ2v) is 17.8. The van der Waals surface area contributed by atoms with E-state index in [1.54, 1.807) is 0 Å².